The molecule has 0 radical (unpaired) electrons. The first-order chi connectivity index (χ1) is 18.9. The number of rotatable bonds is 9. The highest BCUT2D eigenvalue weighted by Crippen LogP contribution is 2.44. The fraction of sp³-hybridized carbons (Fsp3) is 0.310. The molecule has 3 aromatic rings. The van der Waals surface area contributed by atoms with Gasteiger partial charge < -0.3 is 19.7 Å². The number of ether oxygens (including phenoxy) is 2. The van der Waals surface area contributed by atoms with Crippen LogP contribution < -0.4 is 5.32 Å². The summed E-state index contributed by atoms with van der Waals surface area (Å²) >= 11 is 2.87. The number of carbonyl (C=O) groups excluding carboxylic acids is 4. The van der Waals surface area contributed by atoms with E-state index in [1.54, 1.807) is 4.90 Å². The van der Waals surface area contributed by atoms with Gasteiger partial charge in [-0.05, 0) is 22.6 Å². The maximum Gasteiger partial charge on any atom is 0.319 e. The minimum absolute atomic E-state index is 0.0310. The van der Waals surface area contributed by atoms with Crippen LogP contribution in [0.25, 0.3) is 0 Å². The summed E-state index contributed by atoms with van der Waals surface area (Å²) in [5, 5.41) is 4.44. The van der Waals surface area contributed by atoms with Gasteiger partial charge in [0.2, 0.25) is 11.8 Å². The second-order valence-corrected chi connectivity index (χ2v) is 11.8. The highest BCUT2D eigenvalue weighted by Gasteiger charge is 2.58. The van der Waals surface area contributed by atoms with Crippen molar-refractivity contribution in [3.05, 3.63) is 94.2 Å². The summed E-state index contributed by atoms with van der Waals surface area (Å²) in [6.45, 7) is 1.10. The Morgan fingerprint density at radius 1 is 1.03 bits per heavy atom. The van der Waals surface area contributed by atoms with E-state index in [1.165, 1.54) is 30.0 Å². The molecule has 2 aromatic carbocycles. The number of amides is 2. The van der Waals surface area contributed by atoms with Crippen LogP contribution in [-0.4, -0.2) is 59.0 Å². The van der Waals surface area contributed by atoms with Crippen LogP contribution in [0.4, 0.5) is 0 Å². The van der Waals surface area contributed by atoms with Crippen molar-refractivity contribution >= 4 is 46.9 Å². The maximum absolute atomic E-state index is 13.9. The van der Waals surface area contributed by atoms with Crippen LogP contribution in [0.1, 0.15) is 29.0 Å². The Morgan fingerprint density at radius 2 is 1.69 bits per heavy atom. The van der Waals surface area contributed by atoms with Gasteiger partial charge in [-0.25, -0.2) is 0 Å². The minimum atomic E-state index is -1.25. The van der Waals surface area contributed by atoms with Gasteiger partial charge >= 0.3 is 11.9 Å². The summed E-state index contributed by atoms with van der Waals surface area (Å²) in [5.74, 6) is -1.30. The van der Waals surface area contributed by atoms with Gasteiger partial charge in [0.15, 0.2) is 6.10 Å². The number of hydrogen-bond donors (Lipinski definition) is 1. The van der Waals surface area contributed by atoms with Crippen molar-refractivity contribution in [2.75, 3.05) is 18.9 Å². The van der Waals surface area contributed by atoms with Crippen LogP contribution in [0.15, 0.2) is 78.2 Å². The number of benzene rings is 2. The number of nitrogens with zero attached hydrogens (tertiary/aromatic N) is 1. The molecule has 39 heavy (non-hydrogen) atoms. The van der Waals surface area contributed by atoms with Gasteiger partial charge in [-0.2, -0.15) is 0 Å². The monoisotopic (exact) mass is 564 g/mol. The van der Waals surface area contributed by atoms with Gasteiger partial charge in [-0.1, -0.05) is 66.7 Å². The van der Waals surface area contributed by atoms with Crippen molar-refractivity contribution in [1.29, 1.82) is 0 Å². The quantitative estimate of drug-likeness (QED) is 0.313. The molecule has 1 aromatic heterocycles. The second-order valence-electron chi connectivity index (χ2n) is 9.64. The van der Waals surface area contributed by atoms with Crippen LogP contribution in [0.3, 0.4) is 0 Å². The average molecular weight is 565 g/mol. The van der Waals surface area contributed by atoms with E-state index in [4.69, 9.17) is 9.47 Å². The molecule has 2 saturated heterocycles. The zero-order chi connectivity index (χ0) is 27.4. The molecule has 3 atom stereocenters. The highest BCUT2D eigenvalue weighted by atomic mass is 32.2. The Hall–Kier alpha value is -3.63. The molecule has 0 saturated carbocycles. The van der Waals surface area contributed by atoms with E-state index in [-0.39, 0.29) is 42.5 Å². The number of thiophene rings is 1. The summed E-state index contributed by atoms with van der Waals surface area (Å²) in [6.07, 6.45) is -0.463. The van der Waals surface area contributed by atoms with E-state index >= 15 is 0 Å². The van der Waals surface area contributed by atoms with Crippen molar-refractivity contribution < 1.29 is 28.7 Å². The van der Waals surface area contributed by atoms with Crippen LogP contribution in [0.5, 0.6) is 0 Å². The molecule has 202 valence electrons. The maximum atomic E-state index is 13.9. The van der Waals surface area contributed by atoms with E-state index < -0.39 is 29.5 Å². The Balaban J connectivity index is 1.33. The lowest BCUT2D eigenvalue weighted by Gasteiger charge is -2.54. The van der Waals surface area contributed by atoms with Gasteiger partial charge in [-0.3, -0.25) is 19.2 Å². The zero-order valence-electron chi connectivity index (χ0n) is 21.3. The van der Waals surface area contributed by atoms with Gasteiger partial charge in [0.1, 0.15) is 23.4 Å². The van der Waals surface area contributed by atoms with E-state index in [9.17, 15) is 19.2 Å². The van der Waals surface area contributed by atoms with E-state index in [0.29, 0.717) is 0 Å². The van der Waals surface area contributed by atoms with Crippen LogP contribution >= 0.6 is 23.1 Å². The zero-order valence-corrected chi connectivity index (χ0v) is 22.9. The topological polar surface area (TPSA) is 102 Å². The number of esters is 2. The smallest absolute Gasteiger partial charge is 0.319 e. The third-order valence-corrected chi connectivity index (χ3v) is 9.25. The molecular formula is C29H28N2O6S2. The first-order valence-electron chi connectivity index (χ1n) is 12.5. The third-order valence-electron chi connectivity index (χ3n) is 6.79. The van der Waals surface area contributed by atoms with Crippen molar-refractivity contribution in [3.63, 3.8) is 0 Å². The number of hydrogen-bond acceptors (Lipinski definition) is 8. The van der Waals surface area contributed by atoms with E-state index in [0.717, 1.165) is 16.0 Å². The molecule has 3 heterocycles. The van der Waals surface area contributed by atoms with Gasteiger partial charge in [0.05, 0.1) is 6.42 Å². The molecule has 2 amide bonds. The molecule has 2 aliphatic heterocycles. The second kappa shape index (κ2) is 11.6. The van der Waals surface area contributed by atoms with Crippen LogP contribution in [0.2, 0.25) is 0 Å². The first-order valence-corrected chi connectivity index (χ1v) is 14.5. The van der Waals surface area contributed by atoms with Crippen molar-refractivity contribution in [3.8, 4) is 0 Å². The van der Waals surface area contributed by atoms with Gasteiger partial charge in [-0.15, -0.1) is 23.1 Å². The predicted molar refractivity (Wildman–Crippen MR) is 148 cm³/mol. The molecule has 2 unspecified atom stereocenters. The first kappa shape index (κ1) is 27.0. The molecule has 10 heteroatoms. The largest absolute Gasteiger partial charge is 0.465 e. The lowest BCUT2D eigenvalue weighted by Crippen LogP contribution is -2.74. The number of β-lactam (4-membered cyclic amide) rings is 1. The minimum Gasteiger partial charge on any atom is -0.465 e. The molecule has 0 bridgehead atoms. The summed E-state index contributed by atoms with van der Waals surface area (Å²) in [5.41, 5.74) is 0.347. The Labute approximate surface area is 234 Å². The van der Waals surface area contributed by atoms with Gasteiger partial charge in [0.25, 0.3) is 0 Å². The van der Waals surface area contributed by atoms with Crippen molar-refractivity contribution in [2.45, 2.75) is 30.9 Å². The number of fused-ring (bicyclic) bond motifs is 1. The summed E-state index contributed by atoms with van der Waals surface area (Å²) in [4.78, 5) is 53.7. The fourth-order valence-corrected chi connectivity index (χ4v) is 6.97. The lowest BCUT2D eigenvalue weighted by atomic mass is 9.87. The molecule has 2 aliphatic rings. The summed E-state index contributed by atoms with van der Waals surface area (Å²) in [7, 11) is 0. The molecule has 1 N–H and O–H groups in total. The molecular weight excluding hydrogens is 536 g/mol. The highest BCUT2D eigenvalue weighted by molar-refractivity contribution is 8.00. The van der Waals surface area contributed by atoms with E-state index in [2.05, 4.69) is 5.32 Å². The molecule has 5 rings (SSSR count). The van der Waals surface area contributed by atoms with Crippen molar-refractivity contribution in [1.82, 2.24) is 10.2 Å². The standard InChI is InChI=1S/C29H28N2O6S2/c1-19(32)36-17-29(28(35)37-25(20-9-4-2-5-10-20)21-11-6-3-7-12-21)16-31-26(34)24(27(31)39-18-29)30-23(33)15-22-13-8-14-38-22/h2-14,24-25,27H,15-18H2,1H3,(H,30,33)/t24?,27-,29?/m1/s1. The summed E-state index contributed by atoms with van der Waals surface area (Å²) < 4.78 is 11.5. The Bertz CT molecular complexity index is 1290. The number of carbonyl (C=O) groups is 4. The lowest BCUT2D eigenvalue weighted by molar-refractivity contribution is -0.171. The van der Waals surface area contributed by atoms with Gasteiger partial charge in [0, 0.05) is 24.1 Å². The molecule has 0 spiro atoms. The number of thioether (sulfide) groups is 1. The Kier molecular flexibility index (Phi) is 8.04. The molecule has 0 aliphatic carbocycles. The van der Waals surface area contributed by atoms with Crippen molar-refractivity contribution in [2.24, 2.45) is 5.41 Å². The SMILES string of the molecule is CC(=O)OCC1(C(=O)OC(c2ccccc2)c2ccccc2)CS[C@@H]2C(NC(=O)Cc3cccs3)C(=O)N2C1. The Morgan fingerprint density at radius 3 is 2.28 bits per heavy atom. The van der Waals surface area contributed by atoms with E-state index in [1.807, 2.05) is 78.2 Å². The predicted octanol–water partition coefficient (Wildman–Crippen LogP) is 3.57. The van der Waals surface area contributed by atoms with Crippen LogP contribution in [-0.2, 0) is 35.1 Å². The average Bonchev–Trinajstić information content (AvgIpc) is 3.47. The van der Waals surface area contributed by atoms with Crippen LogP contribution in [0, 0.1) is 5.41 Å². The molecule has 2 fully saturated rings. The fourth-order valence-electron chi connectivity index (χ4n) is 4.75. The molecule has 8 nitrogen and oxygen atoms in total. The normalized spacial score (nSPS) is 22.0. The summed E-state index contributed by atoms with van der Waals surface area (Å²) in [6, 6.07) is 21.9. The third kappa shape index (κ3) is 5.86. The number of nitrogens with one attached hydrogen (secondary N) is 1.